The van der Waals surface area contributed by atoms with Gasteiger partial charge in [-0.25, -0.2) is 4.79 Å². The van der Waals surface area contributed by atoms with E-state index in [-0.39, 0.29) is 12.1 Å². The summed E-state index contributed by atoms with van der Waals surface area (Å²) in [7, 11) is 0. The quantitative estimate of drug-likeness (QED) is 0.578. The van der Waals surface area contributed by atoms with E-state index in [1.807, 2.05) is 32.6 Å². The Morgan fingerprint density at radius 3 is 2.74 bits per heavy atom. The van der Waals surface area contributed by atoms with Gasteiger partial charge in [-0.3, -0.25) is 0 Å². The summed E-state index contributed by atoms with van der Waals surface area (Å²) < 4.78 is 5.62. The SMILES string of the molecule is C/C=C/CCNC(C)CC1CCCCCN1C(=O)OC(C)(C)C. The zero-order valence-electron chi connectivity index (χ0n) is 15.7. The van der Waals surface area contributed by atoms with Gasteiger partial charge in [0.25, 0.3) is 0 Å². The molecule has 23 heavy (non-hydrogen) atoms. The topological polar surface area (TPSA) is 41.6 Å². The largest absolute Gasteiger partial charge is 0.444 e. The number of carbonyl (C=O) groups excluding carboxylic acids is 1. The van der Waals surface area contributed by atoms with Gasteiger partial charge in [0.15, 0.2) is 0 Å². The summed E-state index contributed by atoms with van der Waals surface area (Å²) in [5.41, 5.74) is -0.426. The highest BCUT2D eigenvalue weighted by Crippen LogP contribution is 2.23. The molecule has 1 rings (SSSR count). The summed E-state index contributed by atoms with van der Waals surface area (Å²) >= 11 is 0. The molecule has 1 heterocycles. The molecule has 2 unspecified atom stereocenters. The number of nitrogens with one attached hydrogen (secondary N) is 1. The predicted octanol–water partition coefficient (Wildman–Crippen LogP) is 4.50. The van der Waals surface area contributed by atoms with Crippen molar-refractivity contribution >= 4 is 6.09 Å². The Morgan fingerprint density at radius 2 is 2.09 bits per heavy atom. The Hall–Kier alpha value is -1.03. The lowest BCUT2D eigenvalue weighted by molar-refractivity contribution is 0.0150. The first kappa shape index (κ1) is 20.0. The fourth-order valence-electron chi connectivity index (χ4n) is 3.05. The van der Waals surface area contributed by atoms with E-state index in [1.165, 1.54) is 12.8 Å². The molecule has 0 aromatic carbocycles. The molecule has 0 aromatic heterocycles. The fraction of sp³-hybridized carbons (Fsp3) is 0.842. The maximum atomic E-state index is 12.5. The Kier molecular flexibility index (Phi) is 8.67. The van der Waals surface area contributed by atoms with Crippen molar-refractivity contribution in [2.24, 2.45) is 0 Å². The highest BCUT2D eigenvalue weighted by Gasteiger charge is 2.30. The third-order valence-electron chi connectivity index (χ3n) is 4.17. The molecule has 0 spiro atoms. The van der Waals surface area contributed by atoms with E-state index < -0.39 is 5.60 Å². The summed E-state index contributed by atoms with van der Waals surface area (Å²) in [5.74, 6) is 0. The van der Waals surface area contributed by atoms with Gasteiger partial charge in [-0.2, -0.15) is 0 Å². The van der Waals surface area contributed by atoms with Crippen LogP contribution in [0.4, 0.5) is 4.79 Å². The molecule has 1 aliphatic heterocycles. The summed E-state index contributed by atoms with van der Waals surface area (Å²) in [6, 6.07) is 0.699. The highest BCUT2D eigenvalue weighted by atomic mass is 16.6. The molecular formula is C19H36N2O2. The minimum Gasteiger partial charge on any atom is -0.444 e. The molecule has 4 heteroatoms. The predicted molar refractivity (Wildman–Crippen MR) is 96.7 cm³/mol. The van der Waals surface area contributed by atoms with Crippen molar-refractivity contribution in [3.05, 3.63) is 12.2 Å². The normalized spacial score (nSPS) is 21.3. The van der Waals surface area contributed by atoms with Crippen molar-refractivity contribution in [3.63, 3.8) is 0 Å². The van der Waals surface area contributed by atoms with Crippen molar-refractivity contribution < 1.29 is 9.53 Å². The molecule has 0 aromatic rings. The highest BCUT2D eigenvalue weighted by molar-refractivity contribution is 5.68. The number of rotatable bonds is 6. The first-order valence-corrected chi connectivity index (χ1v) is 9.17. The second-order valence-corrected chi connectivity index (χ2v) is 7.63. The van der Waals surface area contributed by atoms with E-state index in [2.05, 4.69) is 24.4 Å². The van der Waals surface area contributed by atoms with Crippen LogP contribution >= 0.6 is 0 Å². The van der Waals surface area contributed by atoms with Crippen molar-refractivity contribution in [2.75, 3.05) is 13.1 Å². The van der Waals surface area contributed by atoms with Gasteiger partial charge in [0.2, 0.25) is 0 Å². The first-order chi connectivity index (χ1) is 10.8. The zero-order chi connectivity index (χ0) is 17.3. The molecule has 4 nitrogen and oxygen atoms in total. The number of nitrogens with zero attached hydrogens (tertiary/aromatic N) is 1. The van der Waals surface area contributed by atoms with Crippen molar-refractivity contribution in [2.45, 2.75) is 90.8 Å². The first-order valence-electron chi connectivity index (χ1n) is 9.17. The van der Waals surface area contributed by atoms with E-state index in [4.69, 9.17) is 4.74 Å². The van der Waals surface area contributed by atoms with E-state index in [0.717, 1.165) is 38.8 Å². The number of ether oxygens (including phenoxy) is 1. The van der Waals surface area contributed by atoms with Gasteiger partial charge < -0.3 is 15.0 Å². The Morgan fingerprint density at radius 1 is 1.35 bits per heavy atom. The Labute approximate surface area is 142 Å². The Bertz CT molecular complexity index is 374. The summed E-state index contributed by atoms with van der Waals surface area (Å²) in [5, 5.41) is 3.56. The molecule has 0 saturated carbocycles. The van der Waals surface area contributed by atoms with Gasteiger partial charge in [-0.05, 0) is 66.8 Å². The second kappa shape index (κ2) is 9.96. The van der Waals surface area contributed by atoms with E-state index in [1.54, 1.807) is 0 Å². The molecule has 0 bridgehead atoms. The van der Waals surface area contributed by atoms with Crippen LogP contribution in [-0.4, -0.2) is 41.8 Å². The molecule has 2 atom stereocenters. The van der Waals surface area contributed by atoms with Gasteiger partial charge in [0.1, 0.15) is 5.60 Å². The molecule has 1 N–H and O–H groups in total. The van der Waals surface area contributed by atoms with Crippen LogP contribution in [0.15, 0.2) is 12.2 Å². The van der Waals surface area contributed by atoms with Crippen LogP contribution < -0.4 is 5.32 Å². The minimum atomic E-state index is -0.426. The molecule has 0 radical (unpaired) electrons. The monoisotopic (exact) mass is 324 g/mol. The Balaban J connectivity index is 2.57. The summed E-state index contributed by atoms with van der Waals surface area (Å²) in [4.78, 5) is 14.5. The zero-order valence-corrected chi connectivity index (χ0v) is 15.7. The van der Waals surface area contributed by atoms with Crippen LogP contribution in [0.3, 0.4) is 0 Å². The van der Waals surface area contributed by atoms with Crippen LogP contribution in [0.5, 0.6) is 0 Å². The average Bonchev–Trinajstić information content (AvgIpc) is 2.67. The summed E-state index contributed by atoms with van der Waals surface area (Å²) in [6.07, 6.45) is 10.7. The number of likely N-dealkylation sites (tertiary alicyclic amines) is 1. The smallest absolute Gasteiger partial charge is 0.410 e. The number of allylic oxidation sites excluding steroid dienone is 1. The molecule has 1 fully saturated rings. The standard InChI is InChI=1S/C19H36N2O2/c1-6-7-10-13-20-16(2)15-17-12-9-8-11-14-21(17)18(22)23-19(3,4)5/h6-7,16-17,20H,8-15H2,1-5H3/b7-6+. The van der Waals surface area contributed by atoms with Crippen molar-refractivity contribution in [1.82, 2.24) is 10.2 Å². The van der Waals surface area contributed by atoms with Crippen molar-refractivity contribution in [1.29, 1.82) is 0 Å². The van der Waals surface area contributed by atoms with Gasteiger partial charge >= 0.3 is 6.09 Å². The van der Waals surface area contributed by atoms with Gasteiger partial charge in [0, 0.05) is 18.6 Å². The lowest BCUT2D eigenvalue weighted by atomic mass is 10.0. The van der Waals surface area contributed by atoms with Crippen molar-refractivity contribution in [3.8, 4) is 0 Å². The number of carbonyl (C=O) groups is 1. The van der Waals surface area contributed by atoms with Crippen LogP contribution in [0.2, 0.25) is 0 Å². The van der Waals surface area contributed by atoms with Crippen LogP contribution in [0.25, 0.3) is 0 Å². The van der Waals surface area contributed by atoms with E-state index in [0.29, 0.717) is 6.04 Å². The van der Waals surface area contributed by atoms with E-state index in [9.17, 15) is 4.79 Å². The number of amides is 1. The number of hydrogen-bond donors (Lipinski definition) is 1. The number of hydrogen-bond acceptors (Lipinski definition) is 3. The fourth-order valence-corrected chi connectivity index (χ4v) is 3.05. The molecular weight excluding hydrogens is 288 g/mol. The molecule has 1 amide bonds. The minimum absolute atomic E-state index is 0.148. The van der Waals surface area contributed by atoms with Crippen LogP contribution in [0.1, 0.15) is 73.1 Å². The summed E-state index contributed by atoms with van der Waals surface area (Å²) in [6.45, 7) is 11.9. The van der Waals surface area contributed by atoms with Gasteiger partial charge in [-0.1, -0.05) is 25.0 Å². The van der Waals surface area contributed by atoms with Crippen LogP contribution in [-0.2, 0) is 4.74 Å². The lowest BCUT2D eigenvalue weighted by Crippen LogP contribution is -2.45. The molecule has 134 valence electrons. The van der Waals surface area contributed by atoms with Gasteiger partial charge in [-0.15, -0.1) is 0 Å². The van der Waals surface area contributed by atoms with Gasteiger partial charge in [0.05, 0.1) is 0 Å². The lowest BCUT2D eigenvalue weighted by Gasteiger charge is -2.33. The van der Waals surface area contributed by atoms with Crippen LogP contribution in [0, 0.1) is 0 Å². The maximum Gasteiger partial charge on any atom is 0.410 e. The second-order valence-electron chi connectivity index (χ2n) is 7.63. The van der Waals surface area contributed by atoms with E-state index >= 15 is 0 Å². The maximum absolute atomic E-state index is 12.5. The third-order valence-corrected chi connectivity index (χ3v) is 4.17. The molecule has 0 aliphatic carbocycles. The molecule has 1 saturated heterocycles. The molecule has 1 aliphatic rings. The average molecular weight is 325 g/mol. The third kappa shape index (κ3) is 8.40.